The van der Waals surface area contributed by atoms with Gasteiger partial charge in [0.25, 0.3) is 0 Å². The molecule has 0 saturated carbocycles. The summed E-state index contributed by atoms with van der Waals surface area (Å²) in [5.41, 5.74) is 1.93. The molecule has 2 rings (SSSR count). The van der Waals surface area contributed by atoms with Crippen LogP contribution in [0.3, 0.4) is 0 Å². The third kappa shape index (κ3) is 2.95. The third-order valence-corrected chi connectivity index (χ3v) is 5.72. The summed E-state index contributed by atoms with van der Waals surface area (Å²) >= 11 is 0. The van der Waals surface area contributed by atoms with E-state index in [1.165, 1.54) is 4.31 Å². The molecule has 1 saturated heterocycles. The maximum absolute atomic E-state index is 12.5. The van der Waals surface area contributed by atoms with Crippen LogP contribution < -0.4 is 0 Å². The Kier molecular flexibility index (Phi) is 4.32. The van der Waals surface area contributed by atoms with Gasteiger partial charge < -0.3 is 5.11 Å². The second kappa shape index (κ2) is 5.68. The summed E-state index contributed by atoms with van der Waals surface area (Å²) in [6.45, 7) is 8.20. The summed E-state index contributed by atoms with van der Waals surface area (Å²) in [5.74, 6) is -0.0144. The van der Waals surface area contributed by atoms with Crippen LogP contribution in [0.25, 0.3) is 0 Å². The Labute approximate surface area is 120 Å². The molecule has 0 radical (unpaired) electrons. The van der Waals surface area contributed by atoms with Crippen molar-refractivity contribution >= 4 is 10.0 Å². The lowest BCUT2D eigenvalue weighted by atomic mass is 9.89. The van der Waals surface area contributed by atoms with Gasteiger partial charge in [0.05, 0.1) is 11.0 Å². The van der Waals surface area contributed by atoms with Crippen LogP contribution in [0.4, 0.5) is 0 Å². The van der Waals surface area contributed by atoms with Crippen molar-refractivity contribution in [2.45, 2.75) is 31.3 Å². The number of aryl methyl sites for hydroxylation is 1. The minimum Gasteiger partial charge on any atom is -0.391 e. The van der Waals surface area contributed by atoms with Gasteiger partial charge in [-0.2, -0.15) is 4.31 Å². The highest BCUT2D eigenvalue weighted by molar-refractivity contribution is 7.89. The summed E-state index contributed by atoms with van der Waals surface area (Å²) in [6.07, 6.45) is -0.0665. The van der Waals surface area contributed by atoms with Crippen LogP contribution in [0.2, 0.25) is 0 Å². The molecule has 4 nitrogen and oxygen atoms in total. The van der Waals surface area contributed by atoms with Crippen molar-refractivity contribution < 1.29 is 13.5 Å². The van der Waals surface area contributed by atoms with E-state index in [4.69, 9.17) is 0 Å². The predicted octanol–water partition coefficient (Wildman–Crippen LogP) is 1.94. The van der Waals surface area contributed by atoms with Crippen molar-refractivity contribution in [2.75, 3.05) is 13.1 Å². The molecule has 20 heavy (non-hydrogen) atoms. The second-order valence-corrected chi connectivity index (χ2v) is 7.42. The molecule has 1 aliphatic heterocycles. The van der Waals surface area contributed by atoms with Crippen LogP contribution in [0, 0.1) is 12.8 Å². The maximum Gasteiger partial charge on any atom is 0.243 e. The van der Waals surface area contributed by atoms with Gasteiger partial charge in [0, 0.05) is 19.0 Å². The Morgan fingerprint density at radius 3 is 2.45 bits per heavy atom. The number of nitrogens with zero attached hydrogens (tertiary/aromatic N) is 1. The average Bonchev–Trinajstić information content (AvgIpc) is 2.38. The van der Waals surface area contributed by atoms with E-state index < -0.39 is 16.1 Å². The van der Waals surface area contributed by atoms with Gasteiger partial charge in [-0.05, 0) is 32.4 Å². The zero-order chi connectivity index (χ0) is 14.9. The lowest BCUT2D eigenvalue weighted by molar-refractivity contribution is 0.0682. The fraction of sp³-hybridized carbons (Fsp3) is 0.467. The van der Waals surface area contributed by atoms with Crippen LogP contribution in [0.5, 0.6) is 0 Å². The van der Waals surface area contributed by atoms with Crippen LogP contribution in [0.15, 0.2) is 41.3 Å². The highest BCUT2D eigenvalue weighted by atomic mass is 32.2. The molecular weight excluding hydrogens is 274 g/mol. The summed E-state index contributed by atoms with van der Waals surface area (Å²) < 4.78 is 26.4. The highest BCUT2D eigenvalue weighted by Gasteiger charge is 2.34. The van der Waals surface area contributed by atoms with Crippen molar-refractivity contribution in [2.24, 2.45) is 5.92 Å². The zero-order valence-electron chi connectivity index (χ0n) is 11.9. The lowest BCUT2D eigenvalue weighted by Gasteiger charge is -2.35. The van der Waals surface area contributed by atoms with E-state index in [2.05, 4.69) is 6.58 Å². The van der Waals surface area contributed by atoms with E-state index in [1.807, 2.05) is 13.8 Å². The van der Waals surface area contributed by atoms with E-state index in [-0.39, 0.29) is 17.4 Å². The van der Waals surface area contributed by atoms with Gasteiger partial charge in [0.15, 0.2) is 0 Å². The Morgan fingerprint density at radius 2 is 1.95 bits per heavy atom. The molecule has 2 atom stereocenters. The van der Waals surface area contributed by atoms with E-state index in [1.54, 1.807) is 24.3 Å². The van der Waals surface area contributed by atoms with Gasteiger partial charge >= 0.3 is 0 Å². The molecule has 0 spiro atoms. The lowest BCUT2D eigenvalue weighted by Crippen LogP contribution is -2.46. The smallest absolute Gasteiger partial charge is 0.243 e. The molecule has 1 aliphatic rings. The Morgan fingerprint density at radius 1 is 1.35 bits per heavy atom. The average molecular weight is 295 g/mol. The minimum atomic E-state index is -3.52. The summed E-state index contributed by atoms with van der Waals surface area (Å²) in [4.78, 5) is 0.282. The second-order valence-electron chi connectivity index (χ2n) is 5.48. The van der Waals surface area contributed by atoms with Crippen LogP contribution in [-0.2, 0) is 10.0 Å². The molecule has 1 aromatic carbocycles. The van der Waals surface area contributed by atoms with Gasteiger partial charge in [0.2, 0.25) is 10.0 Å². The van der Waals surface area contributed by atoms with Gasteiger partial charge in [-0.25, -0.2) is 8.42 Å². The van der Waals surface area contributed by atoms with E-state index in [0.29, 0.717) is 13.0 Å². The molecule has 1 aromatic rings. The van der Waals surface area contributed by atoms with E-state index >= 15 is 0 Å². The van der Waals surface area contributed by atoms with Crippen molar-refractivity contribution in [3.63, 3.8) is 0 Å². The Balaban J connectivity index is 2.20. The number of aliphatic hydroxyl groups excluding tert-OH is 1. The van der Waals surface area contributed by atoms with Gasteiger partial charge in [-0.1, -0.05) is 29.8 Å². The van der Waals surface area contributed by atoms with Crippen molar-refractivity contribution in [3.8, 4) is 0 Å². The molecule has 5 heteroatoms. The standard InChI is InChI=1S/C15H21NO3S/c1-11(2)14-8-9-16(10-15(14)17)20(18,19)13-6-4-12(3)5-7-13/h4-7,14-15,17H,1,8-10H2,2-3H3/t14-,15+/m1/s1. The number of sulfonamides is 1. The number of β-amino-alcohol motifs (C(OH)–C–C–N with tert-alkyl or cyclic N) is 1. The highest BCUT2D eigenvalue weighted by Crippen LogP contribution is 2.27. The maximum atomic E-state index is 12.5. The van der Waals surface area contributed by atoms with Crippen molar-refractivity contribution in [3.05, 3.63) is 42.0 Å². The number of aliphatic hydroxyl groups is 1. The van der Waals surface area contributed by atoms with Crippen molar-refractivity contribution in [1.82, 2.24) is 4.31 Å². The molecule has 1 N–H and O–H groups in total. The molecule has 0 aliphatic carbocycles. The van der Waals surface area contributed by atoms with Crippen LogP contribution >= 0.6 is 0 Å². The number of piperidine rings is 1. The first-order chi connectivity index (χ1) is 9.32. The quantitative estimate of drug-likeness (QED) is 0.867. The normalized spacial score (nSPS) is 24.6. The number of hydrogen-bond acceptors (Lipinski definition) is 3. The zero-order valence-corrected chi connectivity index (χ0v) is 12.7. The van der Waals surface area contributed by atoms with Crippen molar-refractivity contribution in [1.29, 1.82) is 0 Å². The number of rotatable bonds is 3. The molecule has 1 heterocycles. The molecule has 0 amide bonds. The first kappa shape index (κ1) is 15.2. The SMILES string of the molecule is C=C(C)[C@H]1CCN(S(=O)(=O)c2ccc(C)cc2)C[C@@H]1O. The molecule has 1 fully saturated rings. The monoisotopic (exact) mass is 295 g/mol. The van der Waals surface area contributed by atoms with Crippen LogP contribution in [0.1, 0.15) is 18.9 Å². The summed E-state index contributed by atoms with van der Waals surface area (Å²) in [5, 5.41) is 10.1. The number of benzene rings is 1. The van der Waals surface area contributed by atoms with E-state index in [0.717, 1.165) is 11.1 Å². The first-order valence-corrected chi connectivity index (χ1v) is 8.16. The van der Waals surface area contributed by atoms with Gasteiger partial charge in [-0.15, -0.1) is 0 Å². The molecular formula is C15H21NO3S. The third-order valence-electron chi connectivity index (χ3n) is 3.84. The Hall–Kier alpha value is -1.17. The van der Waals surface area contributed by atoms with Gasteiger partial charge in [0.1, 0.15) is 0 Å². The van der Waals surface area contributed by atoms with E-state index in [9.17, 15) is 13.5 Å². The first-order valence-electron chi connectivity index (χ1n) is 6.72. The van der Waals surface area contributed by atoms with Gasteiger partial charge in [-0.3, -0.25) is 0 Å². The minimum absolute atomic E-state index is 0.0144. The number of hydrogen-bond donors (Lipinski definition) is 1. The Bertz CT molecular complexity index is 592. The molecule has 110 valence electrons. The summed E-state index contributed by atoms with van der Waals surface area (Å²) in [7, 11) is -3.52. The predicted molar refractivity (Wildman–Crippen MR) is 78.9 cm³/mol. The summed E-state index contributed by atoms with van der Waals surface area (Å²) in [6, 6.07) is 6.79. The molecule has 0 bridgehead atoms. The van der Waals surface area contributed by atoms with Crippen LogP contribution in [-0.4, -0.2) is 37.0 Å². The molecule has 0 unspecified atom stereocenters. The fourth-order valence-corrected chi connectivity index (χ4v) is 4.03. The fourth-order valence-electron chi connectivity index (χ4n) is 2.56. The topological polar surface area (TPSA) is 57.6 Å². The molecule has 0 aromatic heterocycles. The largest absolute Gasteiger partial charge is 0.391 e.